The first kappa shape index (κ1) is 12.4. The van der Waals surface area contributed by atoms with Gasteiger partial charge in [0.15, 0.2) is 0 Å². The minimum atomic E-state index is -0.828. The summed E-state index contributed by atoms with van der Waals surface area (Å²) >= 11 is 0. The summed E-state index contributed by atoms with van der Waals surface area (Å²) in [6, 6.07) is 8.00. The monoisotopic (exact) mass is 225 g/mol. The highest BCUT2D eigenvalue weighted by molar-refractivity contribution is 7.85. The molecule has 3 heteroatoms. The third-order valence-electron chi connectivity index (χ3n) is 2.24. The van der Waals surface area contributed by atoms with Crippen molar-refractivity contribution in [2.75, 3.05) is 0 Å². The van der Waals surface area contributed by atoms with Gasteiger partial charge in [0.05, 0.1) is 0 Å². The molecule has 0 bridgehead atoms. The first-order valence-corrected chi connectivity index (χ1v) is 6.42. The predicted octanol–water partition coefficient (Wildman–Crippen LogP) is 2.19. The number of rotatable bonds is 3. The van der Waals surface area contributed by atoms with Crippen LogP contribution in [0.2, 0.25) is 0 Å². The van der Waals surface area contributed by atoms with E-state index in [1.165, 1.54) is 0 Å². The molecule has 0 saturated heterocycles. The lowest BCUT2D eigenvalue weighted by Crippen LogP contribution is -2.22. The van der Waals surface area contributed by atoms with Gasteiger partial charge in [-0.3, -0.25) is 4.21 Å². The van der Waals surface area contributed by atoms with Crippen LogP contribution in [0, 0.1) is 0 Å². The molecule has 1 aromatic rings. The van der Waals surface area contributed by atoms with E-state index < -0.39 is 10.8 Å². The van der Waals surface area contributed by atoms with E-state index in [-0.39, 0.29) is 4.75 Å². The topological polar surface area (TPSA) is 43.1 Å². The highest BCUT2D eigenvalue weighted by Crippen LogP contribution is 2.16. The maximum absolute atomic E-state index is 11.9. The van der Waals surface area contributed by atoms with Gasteiger partial charge in [-0.25, -0.2) is 0 Å². The average Bonchev–Trinajstić information content (AvgIpc) is 2.17. The summed E-state index contributed by atoms with van der Waals surface area (Å²) in [4.78, 5) is 0. The summed E-state index contributed by atoms with van der Waals surface area (Å²) in [5, 5.41) is 0. The van der Waals surface area contributed by atoms with Crippen molar-refractivity contribution >= 4 is 10.8 Å². The summed E-state index contributed by atoms with van der Waals surface area (Å²) in [6.07, 6.45) is 0. The quantitative estimate of drug-likeness (QED) is 0.857. The molecule has 0 amide bonds. The predicted molar refractivity (Wildman–Crippen MR) is 65.9 cm³/mol. The number of nitrogens with two attached hydrogens (primary N) is 1. The number of hydrogen-bond donors (Lipinski definition) is 1. The molecular weight excluding hydrogens is 206 g/mol. The van der Waals surface area contributed by atoms with E-state index in [1.807, 2.05) is 45.0 Å². The molecule has 1 aromatic carbocycles. The Labute approximate surface area is 94.3 Å². The van der Waals surface area contributed by atoms with Crippen LogP contribution >= 0.6 is 0 Å². The Morgan fingerprint density at radius 2 is 1.60 bits per heavy atom. The van der Waals surface area contributed by atoms with Crippen LogP contribution in [0.25, 0.3) is 0 Å². The maximum atomic E-state index is 11.9. The molecule has 0 saturated carbocycles. The van der Waals surface area contributed by atoms with Gasteiger partial charge >= 0.3 is 0 Å². The van der Waals surface area contributed by atoms with E-state index in [9.17, 15) is 4.21 Å². The van der Waals surface area contributed by atoms with Crippen LogP contribution in [0.4, 0.5) is 0 Å². The Hall–Kier alpha value is -0.670. The number of hydrogen-bond acceptors (Lipinski definition) is 2. The van der Waals surface area contributed by atoms with E-state index in [0.717, 1.165) is 11.1 Å². The highest BCUT2D eigenvalue weighted by Gasteiger charge is 2.19. The summed E-state index contributed by atoms with van der Waals surface area (Å²) in [7, 11) is -0.828. The first-order chi connectivity index (χ1) is 6.93. The minimum Gasteiger partial charge on any atom is -0.326 e. The fourth-order valence-corrected chi connectivity index (χ4v) is 2.07. The summed E-state index contributed by atoms with van der Waals surface area (Å²) in [6.45, 7) is 6.55. The van der Waals surface area contributed by atoms with E-state index >= 15 is 0 Å². The molecule has 1 rings (SSSR count). The van der Waals surface area contributed by atoms with Crippen LogP contribution in [0.3, 0.4) is 0 Å². The molecule has 1 atom stereocenters. The molecule has 0 aliphatic carbocycles. The third kappa shape index (κ3) is 3.76. The van der Waals surface area contributed by atoms with Gasteiger partial charge in [0.2, 0.25) is 0 Å². The van der Waals surface area contributed by atoms with Crippen LogP contribution in [0.5, 0.6) is 0 Å². The molecule has 0 fully saturated rings. The van der Waals surface area contributed by atoms with Crippen LogP contribution in [-0.4, -0.2) is 8.96 Å². The largest absolute Gasteiger partial charge is 0.326 e. The molecule has 1 unspecified atom stereocenters. The van der Waals surface area contributed by atoms with Crippen molar-refractivity contribution in [2.45, 2.75) is 37.8 Å². The zero-order valence-electron chi connectivity index (χ0n) is 9.62. The molecule has 2 nitrogen and oxygen atoms in total. The average molecular weight is 225 g/mol. The van der Waals surface area contributed by atoms with E-state index in [1.54, 1.807) is 0 Å². The molecule has 0 aromatic heterocycles. The molecule has 0 aliphatic rings. The number of benzene rings is 1. The molecule has 84 valence electrons. The fourth-order valence-electron chi connectivity index (χ4n) is 1.14. The highest BCUT2D eigenvalue weighted by atomic mass is 32.2. The lowest BCUT2D eigenvalue weighted by Gasteiger charge is -2.17. The van der Waals surface area contributed by atoms with Gasteiger partial charge in [0, 0.05) is 27.8 Å². The second-order valence-corrected chi connectivity index (χ2v) is 6.83. The van der Waals surface area contributed by atoms with Gasteiger partial charge in [-0.05, 0) is 31.9 Å². The summed E-state index contributed by atoms with van der Waals surface area (Å²) < 4.78 is 11.7. The fraction of sp³-hybridized carbons (Fsp3) is 0.500. The van der Waals surface area contributed by atoms with Gasteiger partial charge in [0.25, 0.3) is 0 Å². The van der Waals surface area contributed by atoms with Crippen LogP contribution in [-0.2, 0) is 23.1 Å². The first-order valence-electron chi connectivity index (χ1n) is 5.10. The molecule has 0 aliphatic heterocycles. The van der Waals surface area contributed by atoms with E-state index in [0.29, 0.717) is 12.3 Å². The third-order valence-corrected chi connectivity index (χ3v) is 4.20. The zero-order valence-corrected chi connectivity index (χ0v) is 10.4. The molecule has 0 spiro atoms. The summed E-state index contributed by atoms with van der Waals surface area (Å²) in [5.41, 5.74) is 7.73. The lowest BCUT2D eigenvalue weighted by atomic mass is 10.1. The molecule has 0 heterocycles. The van der Waals surface area contributed by atoms with Crippen molar-refractivity contribution in [1.29, 1.82) is 0 Å². The standard InChI is InChI=1S/C12H19NOS/c1-12(2,3)15(14)9-11-6-4-10(8-13)5-7-11/h4-7H,8-9,13H2,1-3H3. The van der Waals surface area contributed by atoms with Gasteiger partial charge in [-0.2, -0.15) is 0 Å². The maximum Gasteiger partial charge on any atom is 0.0490 e. The lowest BCUT2D eigenvalue weighted by molar-refractivity contribution is 0.648. The second kappa shape index (κ2) is 4.90. The van der Waals surface area contributed by atoms with Gasteiger partial charge < -0.3 is 5.73 Å². The molecule has 15 heavy (non-hydrogen) atoms. The van der Waals surface area contributed by atoms with Crippen molar-refractivity contribution in [3.05, 3.63) is 35.4 Å². The van der Waals surface area contributed by atoms with Crippen molar-refractivity contribution in [3.63, 3.8) is 0 Å². The normalized spacial score (nSPS) is 13.9. The Balaban J connectivity index is 2.70. The smallest absolute Gasteiger partial charge is 0.0490 e. The van der Waals surface area contributed by atoms with Crippen LogP contribution in [0.1, 0.15) is 31.9 Å². The van der Waals surface area contributed by atoms with Crippen LogP contribution < -0.4 is 5.73 Å². The Kier molecular flexibility index (Phi) is 4.05. The van der Waals surface area contributed by atoms with Gasteiger partial charge in [-0.1, -0.05) is 24.3 Å². The van der Waals surface area contributed by atoms with Gasteiger partial charge in [-0.15, -0.1) is 0 Å². The van der Waals surface area contributed by atoms with Crippen molar-refractivity contribution in [1.82, 2.24) is 0 Å². The van der Waals surface area contributed by atoms with E-state index in [2.05, 4.69) is 0 Å². The Bertz CT molecular complexity index is 338. The van der Waals surface area contributed by atoms with Crippen molar-refractivity contribution in [2.24, 2.45) is 5.73 Å². The Morgan fingerprint density at radius 3 is 2.00 bits per heavy atom. The molecular formula is C12H19NOS. The van der Waals surface area contributed by atoms with Crippen molar-refractivity contribution < 1.29 is 4.21 Å². The van der Waals surface area contributed by atoms with Crippen LogP contribution in [0.15, 0.2) is 24.3 Å². The van der Waals surface area contributed by atoms with E-state index in [4.69, 9.17) is 5.73 Å². The summed E-state index contributed by atoms with van der Waals surface area (Å²) in [5.74, 6) is 0.619. The second-order valence-electron chi connectivity index (χ2n) is 4.62. The Morgan fingerprint density at radius 1 is 1.13 bits per heavy atom. The van der Waals surface area contributed by atoms with Crippen molar-refractivity contribution in [3.8, 4) is 0 Å². The molecule has 0 radical (unpaired) electrons. The minimum absolute atomic E-state index is 0.146. The molecule has 2 N–H and O–H groups in total. The zero-order chi connectivity index (χ0) is 11.5. The van der Waals surface area contributed by atoms with Gasteiger partial charge in [0.1, 0.15) is 0 Å². The SMILES string of the molecule is CC(C)(C)S(=O)Cc1ccc(CN)cc1.